The minimum Gasteiger partial charge on any atom is -0.467 e. The zero-order valence-corrected chi connectivity index (χ0v) is 14.0. The van der Waals surface area contributed by atoms with Crippen LogP contribution in [0.2, 0.25) is 0 Å². The number of rotatable bonds is 7. The Labute approximate surface area is 146 Å². The van der Waals surface area contributed by atoms with Gasteiger partial charge >= 0.3 is 5.97 Å². The fourth-order valence-corrected chi connectivity index (χ4v) is 2.96. The highest BCUT2D eigenvalue weighted by atomic mass is 16.5. The molecule has 0 atom stereocenters. The van der Waals surface area contributed by atoms with E-state index in [0.717, 1.165) is 31.4 Å². The standard InChI is InChI=1S/C19H22N2O4/c22-18(21-14-6-1-2-7-14)13-25-19(23)16-9-3-4-10-17(16)20-12-15-8-5-11-24-15/h3-5,8-11,14,20H,1-2,6-7,12-13H2,(H,21,22). The Kier molecular flexibility index (Phi) is 5.72. The zero-order chi connectivity index (χ0) is 17.5. The quantitative estimate of drug-likeness (QED) is 0.756. The number of amides is 1. The van der Waals surface area contributed by atoms with Crippen molar-refractivity contribution in [3.8, 4) is 0 Å². The topological polar surface area (TPSA) is 80.6 Å². The molecule has 1 heterocycles. The lowest BCUT2D eigenvalue weighted by Crippen LogP contribution is -2.35. The molecule has 25 heavy (non-hydrogen) atoms. The summed E-state index contributed by atoms with van der Waals surface area (Å²) in [7, 11) is 0. The summed E-state index contributed by atoms with van der Waals surface area (Å²) >= 11 is 0. The predicted octanol–water partition coefficient (Wildman–Crippen LogP) is 3.11. The molecular weight excluding hydrogens is 320 g/mol. The van der Waals surface area contributed by atoms with Crippen LogP contribution in [0.3, 0.4) is 0 Å². The molecule has 0 unspecified atom stereocenters. The van der Waals surface area contributed by atoms with Crippen LogP contribution in [0.4, 0.5) is 5.69 Å². The molecule has 1 saturated carbocycles. The molecular formula is C19H22N2O4. The maximum Gasteiger partial charge on any atom is 0.340 e. The lowest BCUT2D eigenvalue weighted by atomic mass is 10.2. The molecule has 1 aromatic carbocycles. The molecule has 1 fully saturated rings. The lowest BCUT2D eigenvalue weighted by Gasteiger charge is -2.13. The van der Waals surface area contributed by atoms with Gasteiger partial charge in [-0.2, -0.15) is 0 Å². The van der Waals surface area contributed by atoms with Crippen molar-refractivity contribution in [3.05, 3.63) is 54.0 Å². The second-order valence-electron chi connectivity index (χ2n) is 6.10. The Bertz CT molecular complexity index is 706. The number of carbonyl (C=O) groups excluding carboxylic acids is 2. The van der Waals surface area contributed by atoms with Gasteiger partial charge in [0.2, 0.25) is 0 Å². The predicted molar refractivity (Wildman–Crippen MR) is 93.2 cm³/mol. The first-order valence-corrected chi connectivity index (χ1v) is 8.54. The molecule has 132 valence electrons. The van der Waals surface area contributed by atoms with Gasteiger partial charge < -0.3 is 19.8 Å². The minimum atomic E-state index is -0.524. The number of hydrogen-bond acceptors (Lipinski definition) is 5. The van der Waals surface area contributed by atoms with Crippen molar-refractivity contribution in [3.63, 3.8) is 0 Å². The van der Waals surface area contributed by atoms with Crippen LogP contribution in [0.1, 0.15) is 41.8 Å². The van der Waals surface area contributed by atoms with Gasteiger partial charge in [-0.3, -0.25) is 4.79 Å². The van der Waals surface area contributed by atoms with E-state index in [1.54, 1.807) is 30.5 Å². The summed E-state index contributed by atoms with van der Waals surface area (Å²) in [5, 5.41) is 6.05. The Morgan fingerprint density at radius 2 is 1.92 bits per heavy atom. The van der Waals surface area contributed by atoms with Gasteiger partial charge in [-0.25, -0.2) is 4.79 Å². The number of hydrogen-bond donors (Lipinski definition) is 2. The molecule has 6 heteroatoms. The van der Waals surface area contributed by atoms with E-state index in [4.69, 9.17) is 9.15 Å². The number of anilines is 1. The van der Waals surface area contributed by atoms with Crippen molar-refractivity contribution in [2.24, 2.45) is 0 Å². The third-order valence-electron chi connectivity index (χ3n) is 4.23. The van der Waals surface area contributed by atoms with Gasteiger partial charge in [-0.1, -0.05) is 25.0 Å². The van der Waals surface area contributed by atoms with Crippen molar-refractivity contribution in [1.82, 2.24) is 5.32 Å². The maximum absolute atomic E-state index is 12.3. The molecule has 2 N–H and O–H groups in total. The van der Waals surface area contributed by atoms with Gasteiger partial charge in [0.15, 0.2) is 6.61 Å². The fraction of sp³-hybridized carbons (Fsp3) is 0.368. The van der Waals surface area contributed by atoms with Crippen LogP contribution in [-0.4, -0.2) is 24.5 Å². The second-order valence-corrected chi connectivity index (χ2v) is 6.10. The van der Waals surface area contributed by atoms with E-state index in [1.807, 2.05) is 12.1 Å². The summed E-state index contributed by atoms with van der Waals surface area (Å²) < 4.78 is 10.4. The summed E-state index contributed by atoms with van der Waals surface area (Å²) in [6.45, 7) is 0.196. The van der Waals surface area contributed by atoms with E-state index in [-0.39, 0.29) is 18.6 Å². The van der Waals surface area contributed by atoms with Crippen LogP contribution in [0.25, 0.3) is 0 Å². The smallest absolute Gasteiger partial charge is 0.340 e. The number of carbonyl (C=O) groups is 2. The second kappa shape index (κ2) is 8.37. The van der Waals surface area contributed by atoms with Crippen LogP contribution < -0.4 is 10.6 Å². The van der Waals surface area contributed by atoms with Crippen molar-refractivity contribution in [2.75, 3.05) is 11.9 Å². The molecule has 1 aliphatic carbocycles. The van der Waals surface area contributed by atoms with E-state index in [1.165, 1.54) is 0 Å². The molecule has 0 saturated heterocycles. The van der Waals surface area contributed by atoms with Crippen molar-refractivity contribution < 1.29 is 18.7 Å². The Morgan fingerprint density at radius 1 is 1.12 bits per heavy atom. The Hall–Kier alpha value is -2.76. The highest BCUT2D eigenvalue weighted by Gasteiger charge is 2.19. The molecule has 0 bridgehead atoms. The van der Waals surface area contributed by atoms with Crippen molar-refractivity contribution >= 4 is 17.6 Å². The van der Waals surface area contributed by atoms with Crippen LogP contribution in [0.15, 0.2) is 47.1 Å². The van der Waals surface area contributed by atoms with Crippen LogP contribution in [-0.2, 0) is 16.1 Å². The summed E-state index contributed by atoms with van der Waals surface area (Å²) in [5.74, 6) is -0.00972. The summed E-state index contributed by atoms with van der Waals surface area (Å²) in [4.78, 5) is 24.2. The van der Waals surface area contributed by atoms with Crippen LogP contribution >= 0.6 is 0 Å². The number of furan rings is 1. The van der Waals surface area contributed by atoms with E-state index in [2.05, 4.69) is 10.6 Å². The molecule has 0 aliphatic heterocycles. The summed E-state index contributed by atoms with van der Waals surface area (Å²) in [6, 6.07) is 10.9. The van der Waals surface area contributed by atoms with E-state index >= 15 is 0 Å². The first-order chi connectivity index (χ1) is 12.2. The molecule has 1 amide bonds. The van der Waals surface area contributed by atoms with Crippen molar-refractivity contribution in [1.29, 1.82) is 0 Å². The first-order valence-electron chi connectivity index (χ1n) is 8.54. The summed E-state index contributed by atoms with van der Waals surface area (Å²) in [6.07, 6.45) is 5.87. The maximum atomic E-state index is 12.3. The normalized spacial score (nSPS) is 14.2. The number of ether oxygens (including phenoxy) is 1. The molecule has 2 aromatic rings. The molecule has 0 spiro atoms. The highest BCUT2D eigenvalue weighted by Crippen LogP contribution is 2.19. The SMILES string of the molecule is O=C(COC(=O)c1ccccc1NCc1ccco1)NC1CCCC1. The number of esters is 1. The number of nitrogens with one attached hydrogen (secondary N) is 2. The van der Waals surface area contributed by atoms with Crippen LogP contribution in [0, 0.1) is 0 Å². The van der Waals surface area contributed by atoms with Gasteiger partial charge in [0.25, 0.3) is 5.91 Å². The van der Waals surface area contributed by atoms with Gasteiger partial charge in [0.05, 0.1) is 18.4 Å². The van der Waals surface area contributed by atoms with Gasteiger partial charge in [0.1, 0.15) is 5.76 Å². The zero-order valence-electron chi connectivity index (χ0n) is 14.0. The average molecular weight is 342 g/mol. The molecule has 1 aliphatic rings. The molecule has 0 radical (unpaired) electrons. The van der Waals surface area contributed by atoms with Gasteiger partial charge in [-0.15, -0.1) is 0 Å². The number of benzene rings is 1. The highest BCUT2D eigenvalue weighted by molar-refractivity contribution is 5.96. The number of para-hydroxylation sites is 1. The van der Waals surface area contributed by atoms with E-state index in [9.17, 15) is 9.59 Å². The van der Waals surface area contributed by atoms with Crippen LogP contribution in [0.5, 0.6) is 0 Å². The van der Waals surface area contributed by atoms with Gasteiger partial charge in [0, 0.05) is 11.7 Å². The lowest BCUT2D eigenvalue weighted by molar-refractivity contribution is -0.124. The molecule has 1 aromatic heterocycles. The first kappa shape index (κ1) is 17.1. The fourth-order valence-electron chi connectivity index (χ4n) is 2.96. The molecule has 3 rings (SSSR count). The average Bonchev–Trinajstić information content (AvgIpc) is 3.32. The summed E-state index contributed by atoms with van der Waals surface area (Å²) in [5.41, 5.74) is 1.03. The third-order valence-corrected chi connectivity index (χ3v) is 4.23. The Balaban J connectivity index is 1.53. The van der Waals surface area contributed by atoms with E-state index in [0.29, 0.717) is 17.8 Å². The van der Waals surface area contributed by atoms with Gasteiger partial charge in [-0.05, 0) is 37.1 Å². The monoisotopic (exact) mass is 342 g/mol. The Morgan fingerprint density at radius 3 is 2.68 bits per heavy atom. The minimum absolute atomic E-state index is 0.216. The third kappa shape index (κ3) is 4.86. The largest absolute Gasteiger partial charge is 0.467 e. The molecule has 6 nitrogen and oxygen atoms in total. The van der Waals surface area contributed by atoms with Crippen molar-refractivity contribution in [2.45, 2.75) is 38.3 Å². The van der Waals surface area contributed by atoms with E-state index < -0.39 is 5.97 Å².